The van der Waals surface area contributed by atoms with Gasteiger partial charge in [-0.1, -0.05) is 26.7 Å². The van der Waals surface area contributed by atoms with E-state index in [4.69, 9.17) is 9.47 Å². The van der Waals surface area contributed by atoms with Crippen molar-refractivity contribution >= 4 is 5.97 Å². The van der Waals surface area contributed by atoms with Gasteiger partial charge in [-0.3, -0.25) is 4.79 Å². The van der Waals surface area contributed by atoms with Gasteiger partial charge in [0, 0.05) is 18.9 Å². The molecular weight excluding hydrogens is 336 g/mol. The maximum Gasteiger partial charge on any atom is 0.305 e. The molecule has 0 saturated heterocycles. The largest absolute Gasteiger partial charge is 0.465 e. The zero-order chi connectivity index (χ0) is 19.1. The second-order valence-electron chi connectivity index (χ2n) is 10.4. The summed E-state index contributed by atoms with van der Waals surface area (Å²) in [6, 6.07) is 0. The first kappa shape index (κ1) is 19.7. The first-order valence-corrected chi connectivity index (χ1v) is 11.7. The summed E-state index contributed by atoms with van der Waals surface area (Å²) in [7, 11) is 1.87. The summed E-state index contributed by atoms with van der Waals surface area (Å²) in [6.45, 7) is 5.27. The van der Waals surface area contributed by atoms with E-state index in [1.165, 1.54) is 57.8 Å². The Balaban J connectivity index is 1.56. The van der Waals surface area contributed by atoms with Crippen LogP contribution in [0.25, 0.3) is 0 Å². The summed E-state index contributed by atoms with van der Waals surface area (Å²) >= 11 is 0. The van der Waals surface area contributed by atoms with Gasteiger partial charge in [-0.2, -0.15) is 0 Å². The van der Waals surface area contributed by atoms with E-state index in [-0.39, 0.29) is 17.5 Å². The first-order valence-electron chi connectivity index (χ1n) is 11.7. The molecule has 4 aliphatic carbocycles. The highest BCUT2D eigenvalue weighted by Crippen LogP contribution is 2.66. The van der Waals surface area contributed by atoms with E-state index in [2.05, 4.69) is 6.92 Å². The Morgan fingerprint density at radius 3 is 2.63 bits per heavy atom. The quantitative estimate of drug-likeness (QED) is 0.572. The lowest BCUT2D eigenvalue weighted by molar-refractivity contribution is -0.169. The molecule has 4 saturated carbocycles. The Labute approximate surface area is 165 Å². The van der Waals surface area contributed by atoms with Crippen LogP contribution in [0.3, 0.4) is 0 Å². The number of rotatable bonds is 5. The third kappa shape index (κ3) is 3.16. The van der Waals surface area contributed by atoms with Crippen molar-refractivity contribution in [3.8, 4) is 0 Å². The van der Waals surface area contributed by atoms with Crippen LogP contribution in [-0.4, -0.2) is 25.8 Å². The molecule has 0 aromatic carbocycles. The van der Waals surface area contributed by atoms with E-state index < -0.39 is 0 Å². The topological polar surface area (TPSA) is 35.5 Å². The highest BCUT2D eigenvalue weighted by atomic mass is 16.5. The van der Waals surface area contributed by atoms with Gasteiger partial charge in [0.25, 0.3) is 0 Å². The molecule has 4 rings (SSSR count). The minimum absolute atomic E-state index is 0.0162. The molecule has 0 aromatic heterocycles. The van der Waals surface area contributed by atoms with Crippen LogP contribution in [-0.2, 0) is 14.3 Å². The highest BCUT2D eigenvalue weighted by molar-refractivity contribution is 5.69. The van der Waals surface area contributed by atoms with Gasteiger partial charge in [-0.05, 0) is 86.9 Å². The van der Waals surface area contributed by atoms with Crippen molar-refractivity contribution in [3.05, 3.63) is 0 Å². The van der Waals surface area contributed by atoms with Crippen LogP contribution in [0.5, 0.6) is 0 Å². The zero-order valence-electron chi connectivity index (χ0n) is 17.8. The minimum Gasteiger partial charge on any atom is -0.465 e. The number of fused-ring (bicyclic) bond motifs is 5. The van der Waals surface area contributed by atoms with Gasteiger partial charge in [0.15, 0.2) is 0 Å². The van der Waals surface area contributed by atoms with Gasteiger partial charge < -0.3 is 9.47 Å². The van der Waals surface area contributed by atoms with E-state index in [9.17, 15) is 4.79 Å². The van der Waals surface area contributed by atoms with Gasteiger partial charge in [-0.15, -0.1) is 0 Å². The van der Waals surface area contributed by atoms with E-state index in [0.717, 1.165) is 30.6 Å². The number of esters is 1. The molecule has 0 aliphatic heterocycles. The van der Waals surface area contributed by atoms with E-state index in [1.807, 2.05) is 14.0 Å². The molecule has 4 fully saturated rings. The molecule has 4 aliphatic rings. The monoisotopic (exact) mass is 376 g/mol. The lowest BCUT2D eigenvalue weighted by Crippen LogP contribution is -2.55. The van der Waals surface area contributed by atoms with Gasteiger partial charge in [0.05, 0.1) is 12.7 Å². The van der Waals surface area contributed by atoms with Crippen LogP contribution in [0.1, 0.15) is 90.9 Å². The molecule has 0 amide bonds. The number of ether oxygens (including phenoxy) is 2. The van der Waals surface area contributed by atoms with Gasteiger partial charge >= 0.3 is 5.97 Å². The third-order valence-corrected chi connectivity index (χ3v) is 9.46. The lowest BCUT2D eigenvalue weighted by atomic mass is 9.45. The number of carbonyl (C=O) groups excluding carboxylic acids is 1. The van der Waals surface area contributed by atoms with Crippen LogP contribution in [0, 0.1) is 34.5 Å². The van der Waals surface area contributed by atoms with Crippen molar-refractivity contribution in [2.45, 2.75) is 97.0 Å². The maximum atomic E-state index is 12.1. The molecule has 154 valence electrons. The Hall–Kier alpha value is -0.570. The molecule has 3 nitrogen and oxygen atoms in total. The molecule has 0 bridgehead atoms. The summed E-state index contributed by atoms with van der Waals surface area (Å²) in [4.78, 5) is 12.1. The summed E-state index contributed by atoms with van der Waals surface area (Å²) < 4.78 is 11.8. The third-order valence-electron chi connectivity index (χ3n) is 9.46. The van der Waals surface area contributed by atoms with Crippen LogP contribution < -0.4 is 0 Å². The SMILES string of the molecule is CCCC(=O)OC[C@]12CC[C@H]3[C@@H](CC[C@@H]4CCCC[C@@]43C)[C@@H]1CC[C@@H]2OC. The Kier molecular flexibility index (Phi) is 5.62. The Morgan fingerprint density at radius 1 is 1.00 bits per heavy atom. The van der Waals surface area contributed by atoms with Crippen molar-refractivity contribution < 1.29 is 14.3 Å². The van der Waals surface area contributed by atoms with Crippen molar-refractivity contribution in [3.63, 3.8) is 0 Å². The standard InChI is InChI=1S/C24H40O3/c1-4-7-22(25)27-16-24-15-13-19-18(20(24)11-12-21(24)26-3)10-9-17-8-5-6-14-23(17,19)2/h17-21H,4-16H2,1-3H3/t17-,18+,19-,20-,21-,23-,24+/m0/s1. The summed E-state index contributed by atoms with van der Waals surface area (Å²) in [5, 5.41) is 0. The fourth-order valence-corrected chi connectivity index (χ4v) is 8.17. The fraction of sp³-hybridized carbons (Fsp3) is 0.958. The van der Waals surface area contributed by atoms with Crippen molar-refractivity contribution in [1.29, 1.82) is 0 Å². The van der Waals surface area contributed by atoms with Crippen molar-refractivity contribution in [1.82, 2.24) is 0 Å². The molecule has 0 aromatic rings. The molecule has 0 radical (unpaired) electrons. The van der Waals surface area contributed by atoms with Crippen molar-refractivity contribution in [2.75, 3.05) is 13.7 Å². The van der Waals surface area contributed by atoms with Crippen LogP contribution in [0.4, 0.5) is 0 Å². The molecule has 27 heavy (non-hydrogen) atoms. The lowest BCUT2D eigenvalue weighted by Gasteiger charge is -2.60. The van der Waals surface area contributed by atoms with Gasteiger partial charge in [0.1, 0.15) is 0 Å². The summed E-state index contributed by atoms with van der Waals surface area (Å²) in [5.41, 5.74) is 0.647. The van der Waals surface area contributed by atoms with E-state index in [1.54, 1.807) is 0 Å². The molecular formula is C24H40O3. The number of hydrogen-bond acceptors (Lipinski definition) is 3. The average molecular weight is 377 g/mol. The smallest absolute Gasteiger partial charge is 0.305 e. The van der Waals surface area contributed by atoms with Crippen LogP contribution >= 0.6 is 0 Å². The highest BCUT2D eigenvalue weighted by Gasteiger charge is 2.62. The van der Waals surface area contributed by atoms with Gasteiger partial charge in [-0.25, -0.2) is 0 Å². The molecule has 0 N–H and O–H groups in total. The van der Waals surface area contributed by atoms with Gasteiger partial charge in [0.2, 0.25) is 0 Å². The second-order valence-corrected chi connectivity index (χ2v) is 10.4. The average Bonchev–Trinajstić information content (AvgIpc) is 3.05. The number of hydrogen-bond donors (Lipinski definition) is 0. The fourth-order valence-electron chi connectivity index (χ4n) is 8.17. The predicted octanol–water partition coefficient (Wildman–Crippen LogP) is 5.76. The Bertz CT molecular complexity index is 546. The molecule has 0 spiro atoms. The molecule has 7 atom stereocenters. The molecule has 3 heteroatoms. The normalized spacial score (nSPS) is 46.3. The zero-order valence-corrected chi connectivity index (χ0v) is 17.8. The van der Waals surface area contributed by atoms with Crippen LogP contribution in [0.15, 0.2) is 0 Å². The summed E-state index contributed by atoms with van der Waals surface area (Å²) in [5.74, 6) is 3.34. The predicted molar refractivity (Wildman–Crippen MR) is 107 cm³/mol. The molecule has 0 unspecified atom stereocenters. The van der Waals surface area contributed by atoms with E-state index in [0.29, 0.717) is 24.4 Å². The molecule has 0 heterocycles. The maximum absolute atomic E-state index is 12.1. The summed E-state index contributed by atoms with van der Waals surface area (Å²) in [6.07, 6.45) is 15.2. The van der Waals surface area contributed by atoms with Crippen LogP contribution in [0.2, 0.25) is 0 Å². The number of methoxy groups -OCH3 is 1. The number of carbonyl (C=O) groups is 1. The first-order chi connectivity index (χ1) is 13.0. The Morgan fingerprint density at radius 2 is 1.85 bits per heavy atom. The van der Waals surface area contributed by atoms with E-state index >= 15 is 0 Å². The minimum atomic E-state index is -0.0162. The van der Waals surface area contributed by atoms with Crippen molar-refractivity contribution in [2.24, 2.45) is 34.5 Å². The second kappa shape index (κ2) is 7.69.